The van der Waals surface area contributed by atoms with Gasteiger partial charge in [0.15, 0.2) is 5.03 Å². The number of aromatic nitrogens is 2. The number of sulfonamides is 1. The second-order valence-corrected chi connectivity index (χ2v) is 6.86. The molecule has 0 amide bonds. The molecule has 0 atom stereocenters. The van der Waals surface area contributed by atoms with E-state index in [-0.39, 0.29) is 5.03 Å². The normalized spacial score (nSPS) is 11.7. The molecule has 2 heterocycles. The molecule has 8 heteroatoms. The van der Waals surface area contributed by atoms with Crippen molar-refractivity contribution in [2.75, 3.05) is 4.72 Å². The summed E-state index contributed by atoms with van der Waals surface area (Å²) in [5, 5.41) is -0.0379. The molecule has 0 aliphatic carbocycles. The van der Waals surface area contributed by atoms with E-state index in [0.29, 0.717) is 12.2 Å². The Kier molecular flexibility index (Phi) is 3.58. The minimum atomic E-state index is -3.71. The van der Waals surface area contributed by atoms with E-state index in [4.69, 9.17) is 5.73 Å². The molecule has 21 heavy (non-hydrogen) atoms. The lowest BCUT2D eigenvalue weighted by molar-refractivity contribution is 0.597. The maximum absolute atomic E-state index is 12.3. The van der Waals surface area contributed by atoms with Gasteiger partial charge in [0.2, 0.25) is 0 Å². The molecule has 3 N–H and O–H groups in total. The quantitative estimate of drug-likeness (QED) is 0.765. The van der Waals surface area contributed by atoms with Gasteiger partial charge < -0.3 is 5.73 Å². The zero-order chi connectivity index (χ0) is 14.9. The van der Waals surface area contributed by atoms with Crippen LogP contribution in [-0.2, 0) is 16.6 Å². The van der Waals surface area contributed by atoms with E-state index in [1.807, 2.05) is 0 Å². The molecule has 0 fully saturated rings. The van der Waals surface area contributed by atoms with Gasteiger partial charge in [0.25, 0.3) is 10.0 Å². The van der Waals surface area contributed by atoms with Gasteiger partial charge in [0.05, 0.1) is 21.4 Å². The van der Waals surface area contributed by atoms with Crippen LogP contribution in [-0.4, -0.2) is 18.4 Å². The van der Waals surface area contributed by atoms with Crippen LogP contribution in [0.25, 0.3) is 10.2 Å². The molecule has 108 valence electrons. The maximum atomic E-state index is 12.3. The third-order valence-corrected chi connectivity index (χ3v) is 4.98. The van der Waals surface area contributed by atoms with Crippen LogP contribution >= 0.6 is 11.3 Å². The lowest BCUT2D eigenvalue weighted by atomic mass is 10.3. The summed E-state index contributed by atoms with van der Waals surface area (Å²) in [7, 11) is -3.71. The van der Waals surface area contributed by atoms with Gasteiger partial charge in [-0.05, 0) is 29.8 Å². The molecular formula is C13H12N4O2S2. The number of benzene rings is 1. The standard InChI is InChI=1S/C13H12N4O2S2/c14-6-9-1-4-13(15-7-9)21(18,19)17-10-2-3-11-12(5-10)20-8-16-11/h1-5,7-8,17H,6,14H2. The van der Waals surface area contributed by atoms with Gasteiger partial charge in [-0.15, -0.1) is 11.3 Å². The molecule has 0 saturated heterocycles. The van der Waals surface area contributed by atoms with E-state index >= 15 is 0 Å². The minimum absolute atomic E-state index is 0.0379. The van der Waals surface area contributed by atoms with Crippen LogP contribution in [0.5, 0.6) is 0 Å². The van der Waals surface area contributed by atoms with Gasteiger partial charge in [0.1, 0.15) is 0 Å². The van der Waals surface area contributed by atoms with Crippen molar-refractivity contribution in [2.24, 2.45) is 5.73 Å². The fourth-order valence-corrected chi connectivity index (χ4v) is 3.51. The Bertz CT molecular complexity index is 873. The Balaban J connectivity index is 1.90. The lowest BCUT2D eigenvalue weighted by Crippen LogP contribution is -2.14. The van der Waals surface area contributed by atoms with Crippen molar-refractivity contribution in [1.29, 1.82) is 0 Å². The highest BCUT2D eigenvalue weighted by Crippen LogP contribution is 2.23. The number of fused-ring (bicyclic) bond motifs is 1. The summed E-state index contributed by atoms with van der Waals surface area (Å²) in [4.78, 5) is 8.08. The van der Waals surface area contributed by atoms with Gasteiger partial charge in [0, 0.05) is 12.7 Å². The Morgan fingerprint density at radius 1 is 1.19 bits per heavy atom. The second-order valence-electron chi connectivity index (χ2n) is 4.35. The van der Waals surface area contributed by atoms with Crippen LogP contribution in [0.15, 0.2) is 47.1 Å². The fourth-order valence-electron chi connectivity index (χ4n) is 1.82. The third kappa shape index (κ3) is 2.87. The summed E-state index contributed by atoms with van der Waals surface area (Å²) in [5.74, 6) is 0. The van der Waals surface area contributed by atoms with Crippen molar-refractivity contribution < 1.29 is 8.42 Å². The van der Waals surface area contributed by atoms with E-state index < -0.39 is 10.0 Å². The van der Waals surface area contributed by atoms with E-state index in [2.05, 4.69) is 14.7 Å². The average molecular weight is 320 g/mol. The van der Waals surface area contributed by atoms with Crippen molar-refractivity contribution >= 4 is 37.3 Å². The van der Waals surface area contributed by atoms with Crippen LogP contribution in [0.2, 0.25) is 0 Å². The lowest BCUT2D eigenvalue weighted by Gasteiger charge is -2.07. The number of hydrogen-bond donors (Lipinski definition) is 2. The van der Waals surface area contributed by atoms with E-state index in [1.54, 1.807) is 29.8 Å². The summed E-state index contributed by atoms with van der Waals surface area (Å²) >= 11 is 1.45. The smallest absolute Gasteiger partial charge is 0.279 e. The zero-order valence-corrected chi connectivity index (χ0v) is 12.5. The number of nitrogens with two attached hydrogens (primary N) is 1. The number of nitrogens with zero attached hydrogens (tertiary/aromatic N) is 2. The summed E-state index contributed by atoms with van der Waals surface area (Å²) in [6.07, 6.45) is 1.46. The number of pyridine rings is 1. The topological polar surface area (TPSA) is 98.0 Å². The first-order chi connectivity index (χ1) is 10.1. The van der Waals surface area contributed by atoms with Crippen LogP contribution in [0.3, 0.4) is 0 Å². The highest BCUT2D eigenvalue weighted by molar-refractivity contribution is 7.92. The van der Waals surface area contributed by atoms with Gasteiger partial charge in [-0.1, -0.05) is 6.07 Å². The first kappa shape index (κ1) is 13.9. The van der Waals surface area contributed by atoms with Gasteiger partial charge >= 0.3 is 0 Å². The van der Waals surface area contributed by atoms with Crippen molar-refractivity contribution in [3.63, 3.8) is 0 Å². The van der Waals surface area contributed by atoms with E-state index in [1.165, 1.54) is 23.6 Å². The summed E-state index contributed by atoms with van der Waals surface area (Å²) in [6.45, 7) is 0.322. The monoisotopic (exact) mass is 320 g/mol. The van der Waals surface area contributed by atoms with Crippen molar-refractivity contribution in [3.8, 4) is 0 Å². The maximum Gasteiger partial charge on any atom is 0.279 e. The van der Waals surface area contributed by atoms with Crippen LogP contribution in [0, 0.1) is 0 Å². The van der Waals surface area contributed by atoms with Gasteiger partial charge in [-0.3, -0.25) is 4.72 Å². The number of nitrogens with one attached hydrogen (secondary N) is 1. The first-order valence-electron chi connectivity index (χ1n) is 6.09. The molecular weight excluding hydrogens is 308 g/mol. The van der Waals surface area contributed by atoms with Crippen molar-refractivity contribution in [2.45, 2.75) is 11.6 Å². The second kappa shape index (κ2) is 5.40. The minimum Gasteiger partial charge on any atom is -0.326 e. The molecule has 0 aliphatic rings. The van der Waals surface area contributed by atoms with Crippen molar-refractivity contribution in [3.05, 3.63) is 47.6 Å². The largest absolute Gasteiger partial charge is 0.326 e. The Morgan fingerprint density at radius 2 is 2.05 bits per heavy atom. The van der Waals surface area contributed by atoms with Gasteiger partial charge in [-0.25, -0.2) is 9.97 Å². The third-order valence-electron chi connectivity index (χ3n) is 2.89. The van der Waals surface area contributed by atoms with Crippen molar-refractivity contribution in [1.82, 2.24) is 9.97 Å². The van der Waals surface area contributed by atoms with Crippen LogP contribution < -0.4 is 10.5 Å². The summed E-state index contributed by atoms with van der Waals surface area (Å²) < 4.78 is 27.9. The number of rotatable bonds is 4. The molecule has 3 aromatic rings. The van der Waals surface area contributed by atoms with Gasteiger partial charge in [-0.2, -0.15) is 8.42 Å². The number of hydrogen-bond acceptors (Lipinski definition) is 6. The Labute approximate surface area is 125 Å². The molecule has 0 saturated carbocycles. The summed E-state index contributed by atoms with van der Waals surface area (Å²) in [6, 6.07) is 8.28. The molecule has 0 unspecified atom stereocenters. The molecule has 0 radical (unpaired) electrons. The summed E-state index contributed by atoms with van der Waals surface area (Å²) in [5.41, 5.74) is 9.29. The molecule has 0 bridgehead atoms. The highest BCUT2D eigenvalue weighted by Gasteiger charge is 2.16. The van der Waals surface area contributed by atoms with Crippen LogP contribution in [0.4, 0.5) is 5.69 Å². The predicted molar refractivity (Wildman–Crippen MR) is 82.6 cm³/mol. The number of anilines is 1. The molecule has 6 nitrogen and oxygen atoms in total. The number of thiazole rings is 1. The molecule has 3 rings (SSSR count). The SMILES string of the molecule is NCc1ccc(S(=O)(=O)Nc2ccc3ncsc3c2)nc1. The Hall–Kier alpha value is -2.03. The average Bonchev–Trinajstić information content (AvgIpc) is 2.94. The first-order valence-corrected chi connectivity index (χ1v) is 8.46. The van der Waals surface area contributed by atoms with E-state index in [0.717, 1.165) is 15.8 Å². The molecule has 0 spiro atoms. The zero-order valence-electron chi connectivity index (χ0n) is 10.9. The van der Waals surface area contributed by atoms with E-state index in [9.17, 15) is 8.42 Å². The molecule has 2 aromatic heterocycles. The molecule has 1 aromatic carbocycles. The highest BCUT2D eigenvalue weighted by atomic mass is 32.2. The van der Waals surface area contributed by atoms with Crippen LogP contribution in [0.1, 0.15) is 5.56 Å². The fraction of sp³-hybridized carbons (Fsp3) is 0.0769. The predicted octanol–water partition coefficient (Wildman–Crippen LogP) is 1.95. The Morgan fingerprint density at radius 3 is 2.76 bits per heavy atom. The molecule has 0 aliphatic heterocycles.